The third-order valence-corrected chi connectivity index (χ3v) is 6.12. The Kier molecular flexibility index (Phi) is 5.85. The summed E-state index contributed by atoms with van der Waals surface area (Å²) in [5.74, 6) is 1.07. The van der Waals surface area contributed by atoms with E-state index in [-0.39, 0.29) is 18.1 Å². The lowest BCUT2D eigenvalue weighted by atomic mass is 10.1. The Hall–Kier alpha value is -3.98. The van der Waals surface area contributed by atoms with Crippen molar-refractivity contribution in [1.82, 2.24) is 24.8 Å². The van der Waals surface area contributed by atoms with Gasteiger partial charge in [-0.1, -0.05) is 18.2 Å². The van der Waals surface area contributed by atoms with Gasteiger partial charge in [0, 0.05) is 49.9 Å². The van der Waals surface area contributed by atoms with Crippen molar-refractivity contribution in [3.05, 3.63) is 66.2 Å². The molecule has 0 radical (unpaired) electrons. The number of nitrogens with zero attached hydrogens (tertiary/aromatic N) is 5. The Morgan fingerprint density at radius 3 is 2.65 bits per heavy atom. The van der Waals surface area contributed by atoms with Crippen molar-refractivity contribution in [2.45, 2.75) is 19.4 Å². The fourth-order valence-electron chi connectivity index (χ4n) is 4.29. The summed E-state index contributed by atoms with van der Waals surface area (Å²) < 4.78 is 0. The molecule has 174 valence electrons. The number of anilines is 1. The molecule has 0 unspecified atom stereocenters. The molecular weight excluding hydrogens is 432 g/mol. The minimum atomic E-state index is -1.11. The van der Waals surface area contributed by atoms with Gasteiger partial charge in [0.1, 0.15) is 17.7 Å². The number of hydrogen-bond acceptors (Lipinski definition) is 7. The summed E-state index contributed by atoms with van der Waals surface area (Å²) in [6, 6.07) is 13.1. The summed E-state index contributed by atoms with van der Waals surface area (Å²) in [6.45, 7) is 4.11. The number of aryl methyl sites for hydroxylation is 1. The standard InChI is InChI=1S/C25H26N6O3/c1-16-6-7-18-20(12-16)28-23(19-4-2-3-5-21(19)32)29-24(18)30-8-10-31(11-9-30)25(34)22(33)13-17-14-26-15-27-17/h2-7,12,14-15,22,32-33H,8-11,13H2,1H3,(H,26,27)/t22-/m0/s1. The summed E-state index contributed by atoms with van der Waals surface area (Å²) in [5, 5.41) is 21.7. The lowest BCUT2D eigenvalue weighted by Gasteiger charge is -2.36. The SMILES string of the molecule is Cc1ccc2c(N3CCN(C(=O)[C@@H](O)Cc4cnc[nH]4)CC3)nc(-c3ccccc3O)nc2c1. The smallest absolute Gasteiger partial charge is 0.251 e. The van der Waals surface area contributed by atoms with Crippen LogP contribution < -0.4 is 4.90 Å². The van der Waals surface area contributed by atoms with Crippen LogP contribution in [0.2, 0.25) is 0 Å². The van der Waals surface area contributed by atoms with Crippen molar-refractivity contribution < 1.29 is 15.0 Å². The number of piperazine rings is 1. The number of aliphatic hydroxyl groups excluding tert-OH is 1. The van der Waals surface area contributed by atoms with Gasteiger partial charge in [-0.3, -0.25) is 4.79 Å². The number of aliphatic hydroxyl groups is 1. The molecule has 34 heavy (non-hydrogen) atoms. The van der Waals surface area contributed by atoms with Crippen LogP contribution in [-0.4, -0.2) is 73.2 Å². The molecule has 1 amide bonds. The first kappa shape index (κ1) is 21.8. The quantitative estimate of drug-likeness (QED) is 0.420. The van der Waals surface area contributed by atoms with Gasteiger partial charge in [0.05, 0.1) is 17.4 Å². The number of nitrogens with one attached hydrogen (secondary N) is 1. The first-order valence-electron chi connectivity index (χ1n) is 11.3. The number of para-hydroxylation sites is 1. The summed E-state index contributed by atoms with van der Waals surface area (Å²) in [4.78, 5) is 33.0. The third-order valence-electron chi connectivity index (χ3n) is 6.12. The number of fused-ring (bicyclic) bond motifs is 1. The molecule has 3 heterocycles. The van der Waals surface area contributed by atoms with E-state index in [1.165, 1.54) is 6.33 Å². The summed E-state index contributed by atoms with van der Waals surface area (Å²) >= 11 is 0. The van der Waals surface area contributed by atoms with Crippen LogP contribution in [-0.2, 0) is 11.2 Å². The Morgan fingerprint density at radius 2 is 1.91 bits per heavy atom. The summed E-state index contributed by atoms with van der Waals surface area (Å²) in [5.41, 5.74) is 3.18. The highest BCUT2D eigenvalue weighted by atomic mass is 16.3. The number of H-pyrrole nitrogens is 1. The average molecular weight is 459 g/mol. The highest BCUT2D eigenvalue weighted by Gasteiger charge is 2.28. The minimum Gasteiger partial charge on any atom is -0.507 e. The normalized spacial score (nSPS) is 15.0. The molecule has 5 rings (SSSR count). The number of carbonyl (C=O) groups excluding carboxylic acids is 1. The minimum absolute atomic E-state index is 0.127. The molecule has 1 saturated heterocycles. The number of aromatic nitrogens is 4. The first-order valence-corrected chi connectivity index (χ1v) is 11.3. The second-order valence-corrected chi connectivity index (χ2v) is 8.52. The Balaban J connectivity index is 1.39. The molecule has 2 aromatic carbocycles. The van der Waals surface area contributed by atoms with Crippen LogP contribution in [0.15, 0.2) is 55.0 Å². The monoisotopic (exact) mass is 458 g/mol. The van der Waals surface area contributed by atoms with Gasteiger partial charge in [-0.05, 0) is 36.8 Å². The summed E-state index contributed by atoms with van der Waals surface area (Å²) in [7, 11) is 0. The number of imidazole rings is 1. The van der Waals surface area contributed by atoms with Gasteiger partial charge < -0.3 is 25.0 Å². The average Bonchev–Trinajstić information content (AvgIpc) is 3.36. The van der Waals surface area contributed by atoms with E-state index in [9.17, 15) is 15.0 Å². The van der Waals surface area contributed by atoms with Crippen LogP contribution in [0, 0.1) is 6.92 Å². The van der Waals surface area contributed by atoms with E-state index in [4.69, 9.17) is 9.97 Å². The zero-order valence-electron chi connectivity index (χ0n) is 18.8. The molecule has 0 bridgehead atoms. The van der Waals surface area contributed by atoms with Gasteiger partial charge in [-0.2, -0.15) is 0 Å². The maximum absolute atomic E-state index is 12.8. The van der Waals surface area contributed by atoms with E-state index in [0.29, 0.717) is 37.6 Å². The number of amides is 1. The number of hydrogen-bond donors (Lipinski definition) is 3. The summed E-state index contributed by atoms with van der Waals surface area (Å²) in [6.07, 6.45) is 2.24. The van der Waals surface area contributed by atoms with Crippen molar-refractivity contribution in [1.29, 1.82) is 0 Å². The molecule has 2 aromatic heterocycles. The van der Waals surface area contributed by atoms with Crippen LogP contribution in [0.1, 0.15) is 11.3 Å². The number of carbonyl (C=O) groups is 1. The zero-order chi connectivity index (χ0) is 23.7. The Morgan fingerprint density at radius 1 is 1.12 bits per heavy atom. The Labute approximate surface area is 196 Å². The van der Waals surface area contributed by atoms with Crippen molar-refractivity contribution in [3.8, 4) is 17.1 Å². The van der Waals surface area contributed by atoms with E-state index >= 15 is 0 Å². The number of phenols is 1. The predicted octanol–water partition coefficient (Wildman–Crippen LogP) is 2.29. The van der Waals surface area contributed by atoms with E-state index in [1.807, 2.05) is 31.2 Å². The second kappa shape index (κ2) is 9.11. The molecule has 1 atom stereocenters. The largest absolute Gasteiger partial charge is 0.507 e. The number of aromatic hydroxyl groups is 1. The van der Waals surface area contributed by atoms with Crippen molar-refractivity contribution in [2.24, 2.45) is 0 Å². The molecule has 0 saturated carbocycles. The molecule has 4 aromatic rings. The number of rotatable bonds is 5. The van der Waals surface area contributed by atoms with E-state index < -0.39 is 6.10 Å². The van der Waals surface area contributed by atoms with Gasteiger partial charge >= 0.3 is 0 Å². The topological polar surface area (TPSA) is 118 Å². The highest BCUT2D eigenvalue weighted by molar-refractivity contribution is 5.92. The van der Waals surface area contributed by atoms with E-state index in [1.54, 1.807) is 29.3 Å². The zero-order valence-corrected chi connectivity index (χ0v) is 18.8. The van der Waals surface area contributed by atoms with Crippen LogP contribution in [0.3, 0.4) is 0 Å². The van der Waals surface area contributed by atoms with Crippen LogP contribution in [0.5, 0.6) is 5.75 Å². The van der Waals surface area contributed by atoms with Crippen molar-refractivity contribution >= 4 is 22.6 Å². The number of benzene rings is 2. The molecule has 3 N–H and O–H groups in total. The van der Waals surface area contributed by atoms with Gasteiger partial charge in [-0.15, -0.1) is 0 Å². The maximum atomic E-state index is 12.8. The molecule has 9 nitrogen and oxygen atoms in total. The first-order chi connectivity index (χ1) is 16.5. The van der Waals surface area contributed by atoms with Gasteiger partial charge in [-0.25, -0.2) is 15.0 Å². The molecule has 0 aliphatic carbocycles. The molecule has 0 spiro atoms. The van der Waals surface area contributed by atoms with Gasteiger partial charge in [0.15, 0.2) is 5.82 Å². The molecule has 1 aliphatic rings. The van der Waals surface area contributed by atoms with Crippen molar-refractivity contribution in [3.63, 3.8) is 0 Å². The van der Waals surface area contributed by atoms with Crippen LogP contribution in [0.4, 0.5) is 5.82 Å². The molecular formula is C25H26N6O3. The molecule has 9 heteroatoms. The predicted molar refractivity (Wildman–Crippen MR) is 128 cm³/mol. The fraction of sp³-hybridized carbons (Fsp3) is 0.280. The highest BCUT2D eigenvalue weighted by Crippen LogP contribution is 2.32. The van der Waals surface area contributed by atoms with E-state index in [2.05, 4.69) is 14.9 Å². The van der Waals surface area contributed by atoms with E-state index in [0.717, 1.165) is 28.0 Å². The lowest BCUT2D eigenvalue weighted by molar-refractivity contribution is -0.140. The molecule has 1 aliphatic heterocycles. The Bertz CT molecular complexity index is 1320. The van der Waals surface area contributed by atoms with Gasteiger partial charge in [0.2, 0.25) is 0 Å². The third kappa shape index (κ3) is 4.29. The number of aromatic amines is 1. The van der Waals surface area contributed by atoms with Crippen LogP contribution >= 0.6 is 0 Å². The maximum Gasteiger partial charge on any atom is 0.251 e. The van der Waals surface area contributed by atoms with Gasteiger partial charge in [0.25, 0.3) is 5.91 Å². The molecule has 1 fully saturated rings. The fourth-order valence-corrected chi connectivity index (χ4v) is 4.29. The van der Waals surface area contributed by atoms with Crippen molar-refractivity contribution in [2.75, 3.05) is 31.1 Å². The number of phenolic OH excluding ortho intramolecular Hbond substituents is 1. The lowest BCUT2D eigenvalue weighted by Crippen LogP contribution is -2.52. The second-order valence-electron chi connectivity index (χ2n) is 8.52. The van der Waals surface area contributed by atoms with Crippen LogP contribution in [0.25, 0.3) is 22.3 Å².